The summed E-state index contributed by atoms with van der Waals surface area (Å²) in [6.07, 6.45) is 0. The van der Waals surface area contributed by atoms with E-state index in [1.54, 1.807) is 0 Å². The first-order chi connectivity index (χ1) is 12.1. The maximum Gasteiger partial charge on any atom is 0.310 e. The first kappa shape index (κ1) is 4.33. The van der Waals surface area contributed by atoms with Gasteiger partial charge in [-0.25, -0.2) is 0 Å². The summed E-state index contributed by atoms with van der Waals surface area (Å²) in [7, 11) is -2.77. The van der Waals surface area contributed by atoms with Gasteiger partial charge in [0.15, 0.2) is 0 Å². The molecular formula is C14H14O3. The molecule has 0 bridgehead atoms. The molecule has 2 aromatic carbocycles. The number of methoxy groups -OCH3 is 1. The lowest BCUT2D eigenvalue weighted by atomic mass is 9.98. The van der Waals surface area contributed by atoms with Crippen LogP contribution in [0.5, 0.6) is 5.75 Å². The van der Waals surface area contributed by atoms with Crippen LogP contribution in [-0.4, -0.2) is 18.1 Å². The van der Waals surface area contributed by atoms with Crippen molar-refractivity contribution in [2.45, 2.75) is 12.7 Å². The SMILES string of the molecule is [2H]c1c(C([2H])(C(=O)O)C([2H])([2H])[2H])c([2H])c2ccc(OC([2H])([2H])[2H])cc2c1[2H]. The molecule has 0 fully saturated rings. The summed E-state index contributed by atoms with van der Waals surface area (Å²) in [5, 5.41) is 9.14. The summed E-state index contributed by atoms with van der Waals surface area (Å²) in [4.78, 5) is 11.6. The predicted octanol–water partition coefficient (Wildman–Crippen LogP) is 3.04. The molecule has 0 saturated carbocycles. The number of rotatable bonds is 3. The molecule has 1 atom stereocenters. The number of hydrogen-bond donors (Lipinski definition) is 1. The quantitative estimate of drug-likeness (QED) is 0.897. The van der Waals surface area contributed by atoms with Gasteiger partial charge in [-0.3, -0.25) is 4.79 Å². The van der Waals surface area contributed by atoms with Gasteiger partial charge in [0.25, 0.3) is 0 Å². The van der Waals surface area contributed by atoms with Crippen molar-refractivity contribution >= 4 is 16.7 Å². The Hall–Kier alpha value is -2.03. The Balaban J connectivity index is 2.86. The minimum Gasteiger partial charge on any atom is -0.497 e. The third-order valence-electron chi connectivity index (χ3n) is 2.15. The average Bonchev–Trinajstić information content (AvgIpc) is 2.49. The van der Waals surface area contributed by atoms with E-state index in [0.717, 1.165) is 18.2 Å². The highest BCUT2D eigenvalue weighted by Gasteiger charge is 2.13. The van der Waals surface area contributed by atoms with Gasteiger partial charge in [0.2, 0.25) is 0 Å². The summed E-state index contributed by atoms with van der Waals surface area (Å²) >= 11 is 0. The Morgan fingerprint density at radius 2 is 2.41 bits per heavy atom. The van der Waals surface area contributed by atoms with E-state index in [1.807, 2.05) is 0 Å². The van der Waals surface area contributed by atoms with Crippen LogP contribution in [-0.2, 0) is 4.79 Å². The molecule has 2 rings (SSSR count). The summed E-state index contributed by atoms with van der Waals surface area (Å²) in [6, 6.07) is 1.13. The molecule has 0 aliphatic heterocycles. The minimum atomic E-state index is -3.41. The number of carboxylic acids is 1. The topological polar surface area (TPSA) is 46.5 Å². The van der Waals surface area contributed by atoms with Crippen molar-refractivity contribution in [3.63, 3.8) is 0 Å². The normalized spacial score (nSPS) is 24.2. The first-order valence-electron chi connectivity index (χ1n) is 9.57. The summed E-state index contributed by atoms with van der Waals surface area (Å²) in [5.74, 6) is -5.57. The summed E-state index contributed by atoms with van der Waals surface area (Å²) in [6.45, 7) is -3.41. The monoisotopic (exact) mass is 240 g/mol. The van der Waals surface area contributed by atoms with Gasteiger partial charge in [-0.1, -0.05) is 24.2 Å². The molecule has 3 heteroatoms. The fourth-order valence-corrected chi connectivity index (χ4v) is 1.33. The molecular weight excluding hydrogens is 216 g/mol. The zero-order valence-electron chi connectivity index (χ0n) is 18.5. The number of ether oxygens (including phenoxy) is 1. The third-order valence-corrected chi connectivity index (χ3v) is 2.15. The Morgan fingerprint density at radius 3 is 3.12 bits per heavy atom. The van der Waals surface area contributed by atoms with Crippen LogP contribution in [0.1, 0.15) is 32.0 Å². The van der Waals surface area contributed by atoms with Crippen molar-refractivity contribution < 1.29 is 28.3 Å². The van der Waals surface area contributed by atoms with Crippen molar-refractivity contribution in [1.29, 1.82) is 0 Å². The second-order valence-corrected chi connectivity index (χ2v) is 3.24. The molecule has 0 amide bonds. The Morgan fingerprint density at radius 1 is 1.53 bits per heavy atom. The van der Waals surface area contributed by atoms with Crippen LogP contribution in [0.4, 0.5) is 0 Å². The molecule has 1 unspecified atom stereocenters. The van der Waals surface area contributed by atoms with E-state index in [-0.39, 0.29) is 16.5 Å². The lowest BCUT2D eigenvalue weighted by Crippen LogP contribution is -2.06. The molecule has 0 aliphatic rings. The molecule has 0 spiro atoms. The van der Waals surface area contributed by atoms with E-state index in [0.29, 0.717) is 0 Å². The van der Waals surface area contributed by atoms with Gasteiger partial charge in [0.05, 0.1) is 21.2 Å². The van der Waals surface area contributed by atoms with E-state index < -0.39 is 49.4 Å². The molecule has 0 radical (unpaired) electrons. The van der Waals surface area contributed by atoms with Gasteiger partial charge in [-0.15, -0.1) is 0 Å². The van der Waals surface area contributed by atoms with Gasteiger partial charge in [-0.05, 0) is 35.3 Å². The van der Waals surface area contributed by atoms with Gasteiger partial charge in [0.1, 0.15) is 5.75 Å². The second-order valence-electron chi connectivity index (χ2n) is 3.24. The van der Waals surface area contributed by atoms with Crippen LogP contribution in [0.3, 0.4) is 0 Å². The average molecular weight is 240 g/mol. The predicted molar refractivity (Wildman–Crippen MR) is 66.6 cm³/mol. The molecule has 0 aliphatic carbocycles. The number of benzene rings is 2. The van der Waals surface area contributed by atoms with Crippen LogP contribution >= 0.6 is 0 Å². The molecule has 88 valence electrons. The summed E-state index contributed by atoms with van der Waals surface area (Å²) < 4.78 is 80.4. The second kappa shape index (κ2) is 4.45. The zero-order valence-corrected chi connectivity index (χ0v) is 8.50. The molecule has 3 nitrogen and oxygen atoms in total. The standard InChI is InChI=1S/C14H14O3/c1-9(14(15)16)10-3-4-12-8-13(17-2)6-5-11(12)7-10/h3-9H,1-2H3,(H,15,16)/i1D3,2D3,3D,4D,7D,9D. The first-order valence-corrected chi connectivity index (χ1v) is 4.57. The Bertz CT molecular complexity index is 918. The van der Waals surface area contributed by atoms with Gasteiger partial charge in [0, 0.05) is 5.48 Å². The number of carbonyl (C=O) groups is 1. The van der Waals surface area contributed by atoms with E-state index in [1.165, 1.54) is 0 Å². The van der Waals surface area contributed by atoms with Crippen LogP contribution < -0.4 is 4.74 Å². The number of carboxylic acid groups (broad SMARTS) is 1. The minimum absolute atomic E-state index is 0.103. The van der Waals surface area contributed by atoms with E-state index in [4.69, 9.17) is 18.4 Å². The van der Waals surface area contributed by atoms with Crippen LogP contribution in [0.25, 0.3) is 10.8 Å². The van der Waals surface area contributed by atoms with Crippen molar-refractivity contribution in [2.75, 3.05) is 7.04 Å². The van der Waals surface area contributed by atoms with E-state index in [2.05, 4.69) is 0 Å². The maximum absolute atomic E-state index is 11.6. The van der Waals surface area contributed by atoms with E-state index >= 15 is 0 Å². The Kier molecular flexibility index (Phi) is 1.13. The van der Waals surface area contributed by atoms with Crippen molar-refractivity contribution in [3.8, 4) is 5.75 Å². The fourth-order valence-electron chi connectivity index (χ4n) is 1.33. The molecule has 0 heterocycles. The van der Waals surface area contributed by atoms with Crippen LogP contribution in [0, 0.1) is 0 Å². The lowest BCUT2D eigenvalue weighted by molar-refractivity contribution is -0.138. The largest absolute Gasteiger partial charge is 0.497 e. The zero-order chi connectivity index (χ0) is 20.9. The van der Waals surface area contributed by atoms with Gasteiger partial charge in [-0.2, -0.15) is 0 Å². The highest BCUT2D eigenvalue weighted by Crippen LogP contribution is 2.25. The van der Waals surface area contributed by atoms with Gasteiger partial charge >= 0.3 is 5.97 Å². The maximum atomic E-state index is 11.6. The number of fused-ring (bicyclic) bond motifs is 1. The molecule has 2 aromatic rings. The highest BCUT2D eigenvalue weighted by atomic mass is 16.5. The van der Waals surface area contributed by atoms with E-state index in [9.17, 15) is 9.90 Å². The fraction of sp³-hybridized carbons (Fsp3) is 0.214. The Labute approximate surface area is 114 Å². The lowest BCUT2D eigenvalue weighted by Gasteiger charge is -2.08. The van der Waals surface area contributed by atoms with Crippen molar-refractivity contribution in [1.82, 2.24) is 0 Å². The van der Waals surface area contributed by atoms with Crippen LogP contribution in [0.2, 0.25) is 0 Å². The summed E-state index contributed by atoms with van der Waals surface area (Å²) in [5.41, 5.74) is -0.933. The van der Waals surface area contributed by atoms with Gasteiger partial charge < -0.3 is 9.84 Å². The molecule has 0 aromatic heterocycles. The highest BCUT2D eigenvalue weighted by molar-refractivity contribution is 5.86. The third kappa shape index (κ3) is 2.23. The molecule has 1 N–H and O–H groups in total. The van der Waals surface area contributed by atoms with Crippen molar-refractivity contribution in [2.24, 2.45) is 0 Å². The van der Waals surface area contributed by atoms with Crippen LogP contribution in [0.15, 0.2) is 36.3 Å². The molecule has 17 heavy (non-hydrogen) atoms. The smallest absolute Gasteiger partial charge is 0.310 e. The van der Waals surface area contributed by atoms with Crippen molar-refractivity contribution in [3.05, 3.63) is 41.9 Å². The number of hydrogen-bond acceptors (Lipinski definition) is 2. The molecule has 0 saturated heterocycles. The number of aliphatic carboxylic acids is 1.